The highest BCUT2D eigenvalue weighted by Gasteiger charge is 2.77. The van der Waals surface area contributed by atoms with E-state index in [0.29, 0.717) is 12.8 Å². The lowest BCUT2D eigenvalue weighted by molar-refractivity contribution is -0.356. The van der Waals surface area contributed by atoms with E-state index in [0.717, 1.165) is 25.7 Å². The molecule has 186 valence electrons. The van der Waals surface area contributed by atoms with E-state index in [2.05, 4.69) is 13.8 Å². The molecule has 1 heterocycles. The van der Waals surface area contributed by atoms with Crippen molar-refractivity contribution in [3.63, 3.8) is 0 Å². The Kier molecular flexibility index (Phi) is 5.93. The molecule has 6 heteroatoms. The van der Waals surface area contributed by atoms with Crippen LogP contribution in [0.1, 0.15) is 93.9 Å². The van der Waals surface area contributed by atoms with Crippen LogP contribution in [-0.2, 0) is 28.6 Å². The molecule has 0 aromatic rings. The van der Waals surface area contributed by atoms with Gasteiger partial charge in [-0.25, -0.2) is 0 Å². The number of esters is 1. The lowest BCUT2D eigenvalue weighted by Gasteiger charge is -2.58. The van der Waals surface area contributed by atoms with E-state index in [1.54, 1.807) is 0 Å². The summed E-state index contributed by atoms with van der Waals surface area (Å²) in [6.07, 6.45) is 3.40. The first-order valence-electron chi connectivity index (χ1n) is 12.7. The smallest absolute Gasteiger partial charge is 0.302 e. The zero-order valence-corrected chi connectivity index (χ0v) is 21.7. The van der Waals surface area contributed by atoms with Gasteiger partial charge < -0.3 is 14.2 Å². The Morgan fingerprint density at radius 2 is 1.70 bits per heavy atom. The van der Waals surface area contributed by atoms with Gasteiger partial charge in [-0.3, -0.25) is 14.4 Å². The van der Waals surface area contributed by atoms with Crippen molar-refractivity contribution in [3.8, 4) is 0 Å². The molecule has 4 aliphatic rings. The monoisotopic (exact) mass is 462 g/mol. The summed E-state index contributed by atoms with van der Waals surface area (Å²) in [4.78, 5) is 40.2. The Balaban J connectivity index is 1.92. The third-order valence-corrected chi connectivity index (χ3v) is 9.25. The third-order valence-electron chi connectivity index (χ3n) is 9.25. The molecule has 1 aliphatic heterocycles. The van der Waals surface area contributed by atoms with Crippen LogP contribution >= 0.6 is 0 Å². The number of rotatable bonds is 2. The molecule has 4 fully saturated rings. The number of hydrogen-bond donors (Lipinski definition) is 0. The minimum Gasteiger partial charge on any atom is -0.463 e. The second-order valence-electron chi connectivity index (χ2n) is 12.9. The molecule has 3 saturated carbocycles. The first kappa shape index (κ1) is 24.8. The van der Waals surface area contributed by atoms with Gasteiger partial charge in [-0.1, -0.05) is 34.1 Å². The maximum Gasteiger partial charge on any atom is 0.302 e. The van der Waals surface area contributed by atoms with Gasteiger partial charge in [0.15, 0.2) is 11.6 Å². The molecule has 0 amide bonds. The van der Waals surface area contributed by atoms with Crippen LogP contribution in [0, 0.1) is 34.0 Å². The van der Waals surface area contributed by atoms with Crippen LogP contribution in [0.15, 0.2) is 0 Å². The van der Waals surface area contributed by atoms with Crippen molar-refractivity contribution in [1.29, 1.82) is 0 Å². The van der Waals surface area contributed by atoms with Gasteiger partial charge in [0.25, 0.3) is 0 Å². The summed E-state index contributed by atoms with van der Waals surface area (Å²) >= 11 is 0. The molecule has 2 bridgehead atoms. The number of carbonyl (C=O) groups is 3. The lowest BCUT2D eigenvalue weighted by atomic mass is 9.54. The predicted molar refractivity (Wildman–Crippen MR) is 123 cm³/mol. The summed E-state index contributed by atoms with van der Waals surface area (Å²) < 4.78 is 18.8. The quantitative estimate of drug-likeness (QED) is 0.545. The Bertz CT molecular complexity index is 842. The maximum atomic E-state index is 14.4. The fraction of sp³-hybridized carbons (Fsp3) is 0.889. The van der Waals surface area contributed by atoms with Gasteiger partial charge in [0, 0.05) is 36.5 Å². The van der Waals surface area contributed by atoms with Gasteiger partial charge in [0.1, 0.15) is 11.9 Å². The Hall–Kier alpha value is -1.27. The molecule has 0 N–H and O–H groups in total. The highest BCUT2D eigenvalue weighted by Crippen LogP contribution is 2.67. The van der Waals surface area contributed by atoms with E-state index in [-0.39, 0.29) is 40.9 Å². The molecule has 0 aromatic heterocycles. The highest BCUT2D eigenvalue weighted by atomic mass is 16.7. The minimum absolute atomic E-state index is 0.0925. The van der Waals surface area contributed by atoms with Gasteiger partial charge in [-0.2, -0.15) is 0 Å². The van der Waals surface area contributed by atoms with Gasteiger partial charge >= 0.3 is 5.97 Å². The van der Waals surface area contributed by atoms with Crippen molar-refractivity contribution in [3.05, 3.63) is 0 Å². The number of ether oxygens (including phenoxy) is 3. The van der Waals surface area contributed by atoms with Gasteiger partial charge in [-0.05, 0) is 51.9 Å². The van der Waals surface area contributed by atoms with E-state index < -0.39 is 34.7 Å². The summed E-state index contributed by atoms with van der Waals surface area (Å²) in [5, 5.41) is 0. The summed E-state index contributed by atoms with van der Waals surface area (Å²) in [7, 11) is 0. The Labute approximate surface area is 198 Å². The van der Waals surface area contributed by atoms with Crippen LogP contribution < -0.4 is 0 Å². The van der Waals surface area contributed by atoms with E-state index in [1.807, 2.05) is 34.6 Å². The molecule has 33 heavy (non-hydrogen) atoms. The van der Waals surface area contributed by atoms with Crippen LogP contribution in [-0.4, -0.2) is 41.6 Å². The first-order valence-corrected chi connectivity index (χ1v) is 12.7. The van der Waals surface area contributed by atoms with E-state index >= 15 is 0 Å². The number of Topliss-reactive ketones (excluding diaryl/α,β-unsaturated/α-hetero) is 2. The van der Waals surface area contributed by atoms with Crippen molar-refractivity contribution >= 4 is 17.5 Å². The molecular formula is C27H42O6. The number of ketones is 2. The van der Waals surface area contributed by atoms with Gasteiger partial charge in [0.05, 0.1) is 17.6 Å². The number of hydrogen-bond acceptors (Lipinski definition) is 6. The van der Waals surface area contributed by atoms with Crippen molar-refractivity contribution in [2.45, 2.75) is 118 Å². The fourth-order valence-electron chi connectivity index (χ4n) is 7.72. The second-order valence-corrected chi connectivity index (χ2v) is 12.9. The zero-order valence-electron chi connectivity index (χ0n) is 21.7. The van der Waals surface area contributed by atoms with Crippen LogP contribution in [0.4, 0.5) is 0 Å². The largest absolute Gasteiger partial charge is 0.463 e. The molecule has 1 saturated heterocycles. The summed E-state index contributed by atoms with van der Waals surface area (Å²) in [6.45, 7) is 15.6. The molecule has 0 aromatic carbocycles. The van der Waals surface area contributed by atoms with Crippen molar-refractivity contribution in [2.75, 3.05) is 0 Å². The molecule has 3 aliphatic carbocycles. The predicted octanol–water partition coefficient (Wildman–Crippen LogP) is 4.87. The van der Waals surface area contributed by atoms with Crippen LogP contribution in [0.2, 0.25) is 0 Å². The minimum atomic E-state index is -1.04. The van der Waals surface area contributed by atoms with Gasteiger partial charge in [-0.15, -0.1) is 0 Å². The van der Waals surface area contributed by atoms with Crippen LogP contribution in [0.25, 0.3) is 0 Å². The van der Waals surface area contributed by atoms with Crippen molar-refractivity contribution in [1.82, 2.24) is 0 Å². The topological polar surface area (TPSA) is 78.9 Å². The highest BCUT2D eigenvalue weighted by molar-refractivity contribution is 6.02. The molecule has 4 rings (SSSR count). The Morgan fingerprint density at radius 3 is 2.33 bits per heavy atom. The summed E-state index contributed by atoms with van der Waals surface area (Å²) in [6, 6.07) is 0. The second kappa shape index (κ2) is 7.87. The van der Waals surface area contributed by atoms with Crippen LogP contribution in [0.3, 0.4) is 0 Å². The maximum absolute atomic E-state index is 14.4. The third kappa shape index (κ3) is 3.80. The van der Waals surface area contributed by atoms with Crippen LogP contribution in [0.5, 0.6) is 0 Å². The average molecular weight is 463 g/mol. The fourth-order valence-corrected chi connectivity index (χ4v) is 7.72. The standard InChI is InChI=1S/C27H42O6/c1-15(31-16(2)28)17-10-9-12-24(3,4)13-11-20-27-21(17)19(29)14-18(25(5,6)23(27)30)22(27)33-26(7,8)32-20/h15,17-18,20-22H,9-14H2,1-8H3/t15-,17-,18+,20+,21+,22+,27-/m0/s1. The lowest BCUT2D eigenvalue weighted by Crippen LogP contribution is -2.68. The summed E-state index contributed by atoms with van der Waals surface area (Å²) in [5.41, 5.74) is -1.62. The zero-order chi connectivity index (χ0) is 24.6. The average Bonchev–Trinajstić information content (AvgIpc) is 2.78. The summed E-state index contributed by atoms with van der Waals surface area (Å²) in [5.74, 6) is -1.96. The van der Waals surface area contributed by atoms with Crippen molar-refractivity contribution in [2.24, 2.45) is 34.0 Å². The van der Waals surface area contributed by atoms with Gasteiger partial charge in [0.2, 0.25) is 0 Å². The molecule has 7 atom stereocenters. The number of carbonyl (C=O) groups excluding carboxylic acids is 3. The molecule has 6 nitrogen and oxygen atoms in total. The van der Waals surface area contributed by atoms with E-state index in [4.69, 9.17) is 14.2 Å². The van der Waals surface area contributed by atoms with Crippen molar-refractivity contribution < 1.29 is 28.6 Å². The molecule has 1 spiro atoms. The Morgan fingerprint density at radius 1 is 1.03 bits per heavy atom. The first-order chi connectivity index (χ1) is 15.1. The molecule has 0 unspecified atom stereocenters. The molecule has 0 radical (unpaired) electrons. The van der Waals surface area contributed by atoms with E-state index in [1.165, 1.54) is 6.92 Å². The normalized spacial score (nSPS) is 42.2. The SMILES string of the molecule is CC(=O)O[C@@H](C)[C@@H]1CCCC(C)(C)CC[C@H]2OC(C)(C)O[C@@H]3[C@H]4CC(=O)[C@@H]1[C@]32C(=O)C4(C)C. The van der Waals surface area contributed by atoms with E-state index in [9.17, 15) is 14.4 Å². The molecular weight excluding hydrogens is 420 g/mol.